The molecule has 1 heterocycles. The normalized spacial score (nSPS) is 16.7. The number of unbranched alkanes of at least 4 members (excludes halogenated alkanes) is 1. The van der Waals surface area contributed by atoms with E-state index in [4.69, 9.17) is 0 Å². The second-order valence-electron chi connectivity index (χ2n) is 8.75. The first-order valence-corrected chi connectivity index (χ1v) is 13.2. The van der Waals surface area contributed by atoms with Crippen molar-refractivity contribution in [3.8, 4) is 0 Å². The third-order valence-electron chi connectivity index (χ3n) is 6.44. The van der Waals surface area contributed by atoms with Crippen LogP contribution in [0.25, 0.3) is 0 Å². The first kappa shape index (κ1) is 32.9. The summed E-state index contributed by atoms with van der Waals surface area (Å²) >= 11 is 0. The lowest BCUT2D eigenvalue weighted by Gasteiger charge is -2.22. The van der Waals surface area contributed by atoms with Crippen molar-refractivity contribution >= 4 is 47.2 Å². The molecule has 1 aliphatic heterocycles. The van der Waals surface area contributed by atoms with E-state index in [0.29, 0.717) is 17.5 Å². The fraction of sp³-hybridized carbons (Fsp3) is 0.739. The number of rotatable bonds is 11. The van der Waals surface area contributed by atoms with Gasteiger partial charge in [-0.25, -0.2) is 12.7 Å². The number of hydrogen-bond acceptors (Lipinski definition) is 5. The van der Waals surface area contributed by atoms with Crippen molar-refractivity contribution in [3.05, 3.63) is 29.3 Å². The molecule has 1 aromatic rings. The van der Waals surface area contributed by atoms with Crippen LogP contribution in [0.1, 0.15) is 56.1 Å². The number of nitrogens with one attached hydrogen (secondary N) is 3. The molecule has 3 rings (SSSR count). The smallest absolute Gasteiger partial charge is 0.242 e. The first-order chi connectivity index (χ1) is 14.6. The third kappa shape index (κ3) is 10.6. The molecule has 3 N–H and O–H groups in total. The Morgan fingerprint density at radius 2 is 1.64 bits per heavy atom. The highest BCUT2D eigenvalue weighted by Gasteiger charge is 2.22. The summed E-state index contributed by atoms with van der Waals surface area (Å²) in [7, 11) is -1.72. The number of nitrogens with zero attached hydrogens (tertiary/aromatic N) is 1. The molecular formula is C23H43Cl3N4O2S. The molecule has 1 aliphatic carbocycles. The van der Waals surface area contributed by atoms with Gasteiger partial charge < -0.3 is 16.0 Å². The molecule has 0 amide bonds. The molecule has 33 heavy (non-hydrogen) atoms. The van der Waals surface area contributed by atoms with Crippen LogP contribution in [-0.4, -0.2) is 65.1 Å². The van der Waals surface area contributed by atoms with Crippen LogP contribution in [0.5, 0.6) is 0 Å². The molecule has 1 aromatic carbocycles. The van der Waals surface area contributed by atoms with Crippen molar-refractivity contribution in [3.63, 3.8) is 0 Å². The van der Waals surface area contributed by atoms with Crippen molar-refractivity contribution in [1.82, 2.24) is 20.3 Å². The minimum absolute atomic E-state index is 0. The Morgan fingerprint density at radius 3 is 2.36 bits per heavy atom. The minimum Gasteiger partial charge on any atom is -0.316 e. The largest absolute Gasteiger partial charge is 0.316 e. The Hall–Kier alpha value is -0.120. The number of hydrogen-bond donors (Lipinski definition) is 3. The Bertz CT molecular complexity index is 762. The summed E-state index contributed by atoms with van der Waals surface area (Å²) in [4.78, 5) is 0.428. The van der Waals surface area contributed by atoms with E-state index in [2.05, 4.69) is 16.0 Å². The van der Waals surface area contributed by atoms with Crippen LogP contribution in [0.4, 0.5) is 0 Å². The van der Waals surface area contributed by atoms with Crippen LogP contribution in [0.15, 0.2) is 23.1 Å². The van der Waals surface area contributed by atoms with E-state index in [1.54, 1.807) is 13.1 Å². The molecule has 0 bridgehead atoms. The van der Waals surface area contributed by atoms with Gasteiger partial charge in [-0.05, 0) is 81.4 Å². The van der Waals surface area contributed by atoms with Crippen LogP contribution >= 0.6 is 37.2 Å². The molecule has 2 aliphatic rings. The van der Waals surface area contributed by atoms with Gasteiger partial charge >= 0.3 is 0 Å². The lowest BCUT2D eigenvalue weighted by Crippen LogP contribution is -2.36. The van der Waals surface area contributed by atoms with Crippen molar-refractivity contribution in [2.24, 2.45) is 0 Å². The highest BCUT2D eigenvalue weighted by Crippen LogP contribution is 2.21. The Morgan fingerprint density at radius 1 is 0.939 bits per heavy atom. The predicted octanol–water partition coefficient (Wildman–Crippen LogP) is 3.55. The van der Waals surface area contributed by atoms with E-state index >= 15 is 0 Å². The van der Waals surface area contributed by atoms with Crippen LogP contribution in [0.2, 0.25) is 0 Å². The van der Waals surface area contributed by atoms with Gasteiger partial charge in [-0.1, -0.05) is 25.3 Å². The van der Waals surface area contributed by atoms with Gasteiger partial charge in [0.15, 0.2) is 0 Å². The van der Waals surface area contributed by atoms with E-state index in [1.807, 2.05) is 12.1 Å². The quantitative estimate of drug-likeness (QED) is 0.371. The van der Waals surface area contributed by atoms with E-state index in [-0.39, 0.29) is 37.2 Å². The van der Waals surface area contributed by atoms with Gasteiger partial charge in [0, 0.05) is 32.7 Å². The lowest BCUT2D eigenvalue weighted by atomic mass is 9.95. The molecule has 6 nitrogen and oxygen atoms in total. The summed E-state index contributed by atoms with van der Waals surface area (Å²) in [5, 5.41) is 10.5. The minimum atomic E-state index is -3.42. The SMILES string of the molecule is CN(CCCCNCCNC1CCCCC1)S(=O)(=O)c1ccc2c(c1)CCNCC2.Cl.Cl.Cl. The van der Waals surface area contributed by atoms with Gasteiger partial charge in [0.05, 0.1) is 4.90 Å². The fourth-order valence-corrected chi connectivity index (χ4v) is 5.75. The zero-order valence-corrected chi connectivity index (χ0v) is 23.1. The van der Waals surface area contributed by atoms with E-state index in [1.165, 1.54) is 47.5 Å². The standard InChI is InChI=1S/C23H40N4O2S.3ClH/c1-27(18-6-5-13-24-16-17-26-22-7-3-2-4-8-22)30(28,29)23-10-9-20-11-14-25-15-12-21(20)19-23;;;/h9-10,19,22,24-26H,2-8,11-18H2,1H3;3*1H. The monoisotopic (exact) mass is 544 g/mol. The summed E-state index contributed by atoms with van der Waals surface area (Å²) in [6.45, 7) is 5.37. The van der Waals surface area contributed by atoms with Crippen molar-refractivity contribution in [1.29, 1.82) is 0 Å². The topological polar surface area (TPSA) is 73.5 Å². The maximum absolute atomic E-state index is 12.9. The molecule has 10 heteroatoms. The molecule has 0 radical (unpaired) electrons. The van der Waals surface area contributed by atoms with Gasteiger partial charge in [-0.2, -0.15) is 0 Å². The van der Waals surface area contributed by atoms with Crippen molar-refractivity contribution in [2.75, 3.05) is 46.3 Å². The molecule has 0 saturated heterocycles. The summed E-state index contributed by atoms with van der Waals surface area (Å²) in [5.74, 6) is 0. The predicted molar refractivity (Wildman–Crippen MR) is 145 cm³/mol. The maximum atomic E-state index is 12.9. The molecule has 1 saturated carbocycles. The van der Waals surface area contributed by atoms with E-state index < -0.39 is 10.0 Å². The Balaban J connectivity index is 0.00000341. The van der Waals surface area contributed by atoms with Crippen LogP contribution in [-0.2, 0) is 22.9 Å². The molecule has 0 atom stereocenters. The highest BCUT2D eigenvalue weighted by molar-refractivity contribution is 7.89. The lowest BCUT2D eigenvalue weighted by molar-refractivity contribution is 0.372. The van der Waals surface area contributed by atoms with Crippen LogP contribution in [0.3, 0.4) is 0 Å². The Kier molecular flexibility index (Phi) is 17.3. The number of benzene rings is 1. The molecule has 0 spiro atoms. The summed E-state index contributed by atoms with van der Waals surface area (Å²) in [5.41, 5.74) is 2.44. The first-order valence-electron chi connectivity index (χ1n) is 11.8. The summed E-state index contributed by atoms with van der Waals surface area (Å²) in [6, 6.07) is 6.36. The zero-order chi connectivity index (χ0) is 21.2. The van der Waals surface area contributed by atoms with Gasteiger partial charge in [0.25, 0.3) is 0 Å². The average molecular weight is 546 g/mol. The molecule has 0 unspecified atom stereocenters. The van der Waals surface area contributed by atoms with Gasteiger partial charge in [0.1, 0.15) is 0 Å². The average Bonchev–Trinajstić information content (AvgIpc) is 3.01. The fourth-order valence-electron chi connectivity index (χ4n) is 4.49. The van der Waals surface area contributed by atoms with E-state index in [9.17, 15) is 8.42 Å². The molecule has 194 valence electrons. The number of halogens is 3. The van der Waals surface area contributed by atoms with Gasteiger partial charge in [0.2, 0.25) is 10.0 Å². The summed E-state index contributed by atoms with van der Waals surface area (Å²) < 4.78 is 27.4. The number of sulfonamides is 1. The van der Waals surface area contributed by atoms with Crippen LogP contribution < -0.4 is 16.0 Å². The van der Waals surface area contributed by atoms with Gasteiger partial charge in [-0.15, -0.1) is 37.2 Å². The molecule has 0 aromatic heterocycles. The summed E-state index contributed by atoms with van der Waals surface area (Å²) in [6.07, 6.45) is 10.5. The second kappa shape index (κ2) is 17.3. The van der Waals surface area contributed by atoms with E-state index in [0.717, 1.165) is 58.4 Å². The second-order valence-corrected chi connectivity index (χ2v) is 10.8. The van der Waals surface area contributed by atoms with Crippen molar-refractivity contribution in [2.45, 2.75) is 68.7 Å². The van der Waals surface area contributed by atoms with Crippen LogP contribution in [0, 0.1) is 0 Å². The molecular weight excluding hydrogens is 503 g/mol. The zero-order valence-electron chi connectivity index (χ0n) is 19.8. The molecule has 1 fully saturated rings. The maximum Gasteiger partial charge on any atom is 0.242 e. The van der Waals surface area contributed by atoms with Crippen molar-refractivity contribution < 1.29 is 8.42 Å². The highest BCUT2D eigenvalue weighted by atomic mass is 35.5. The Labute approximate surface area is 219 Å². The third-order valence-corrected chi connectivity index (χ3v) is 8.30. The number of fused-ring (bicyclic) bond motifs is 1. The van der Waals surface area contributed by atoms with Gasteiger partial charge in [-0.3, -0.25) is 0 Å².